The molecule has 1 aliphatic rings. The van der Waals surface area contributed by atoms with Crippen LogP contribution in [0.1, 0.15) is 41.9 Å². The average molecular weight is 509 g/mol. The van der Waals surface area contributed by atoms with Gasteiger partial charge in [-0.05, 0) is 55.9 Å². The molecule has 0 saturated carbocycles. The topological polar surface area (TPSA) is 90.7 Å². The quantitative estimate of drug-likeness (QED) is 0.274. The number of esters is 1. The summed E-state index contributed by atoms with van der Waals surface area (Å²) in [5.41, 5.74) is 4.94. The number of rotatable bonds is 5. The first-order chi connectivity index (χ1) is 18.4. The van der Waals surface area contributed by atoms with Crippen LogP contribution in [-0.2, 0) is 22.4 Å². The third kappa shape index (κ3) is 4.14. The molecule has 0 radical (unpaired) electrons. The first-order valence-electron chi connectivity index (χ1n) is 12.8. The Labute approximate surface area is 219 Å². The highest BCUT2D eigenvalue weighted by molar-refractivity contribution is 6.09. The van der Waals surface area contributed by atoms with Gasteiger partial charge in [-0.1, -0.05) is 43.3 Å². The Kier molecular flexibility index (Phi) is 5.98. The maximum Gasteiger partial charge on any atom is 0.339 e. The van der Waals surface area contributed by atoms with Gasteiger partial charge in [-0.2, -0.15) is 0 Å². The van der Waals surface area contributed by atoms with E-state index < -0.39 is 18.0 Å². The lowest BCUT2D eigenvalue weighted by molar-refractivity contribution is -0.123. The Morgan fingerprint density at radius 3 is 2.61 bits per heavy atom. The molecular weight excluding hydrogens is 480 g/mol. The van der Waals surface area contributed by atoms with E-state index in [0.29, 0.717) is 28.5 Å². The molecule has 38 heavy (non-hydrogen) atoms. The molecule has 7 heteroatoms. The molecule has 2 aromatic heterocycles. The van der Waals surface area contributed by atoms with Crippen LogP contribution in [-0.4, -0.2) is 30.1 Å². The number of pyridine rings is 1. The second-order valence-electron chi connectivity index (χ2n) is 9.96. The van der Waals surface area contributed by atoms with Crippen molar-refractivity contribution in [3.05, 3.63) is 77.5 Å². The van der Waals surface area contributed by atoms with E-state index in [0.717, 1.165) is 57.8 Å². The van der Waals surface area contributed by atoms with Crippen molar-refractivity contribution in [2.45, 2.75) is 39.2 Å². The molecule has 0 fully saturated rings. The summed E-state index contributed by atoms with van der Waals surface area (Å²) in [6.45, 7) is 3.74. The van der Waals surface area contributed by atoms with Gasteiger partial charge in [0.25, 0.3) is 5.91 Å². The van der Waals surface area contributed by atoms with Gasteiger partial charge in [0.05, 0.1) is 23.9 Å². The second kappa shape index (κ2) is 9.49. The molecule has 3 aromatic carbocycles. The summed E-state index contributed by atoms with van der Waals surface area (Å²) in [5.74, 6) is -0.0542. The summed E-state index contributed by atoms with van der Waals surface area (Å²) in [7, 11) is 1.54. The van der Waals surface area contributed by atoms with Crippen molar-refractivity contribution >= 4 is 50.4 Å². The first kappa shape index (κ1) is 24.0. The van der Waals surface area contributed by atoms with Crippen LogP contribution in [0, 0.1) is 5.92 Å². The fourth-order valence-corrected chi connectivity index (χ4v) is 5.32. The monoisotopic (exact) mass is 508 g/mol. The lowest BCUT2D eigenvalue weighted by atomic mass is 9.84. The van der Waals surface area contributed by atoms with Gasteiger partial charge < -0.3 is 19.2 Å². The number of hydrogen-bond acceptors (Lipinski definition) is 6. The Bertz CT molecular complexity index is 1720. The number of ether oxygens (including phenoxy) is 2. The normalized spacial score (nSPS) is 15.8. The predicted octanol–water partition coefficient (Wildman–Crippen LogP) is 6.45. The molecule has 0 unspecified atom stereocenters. The van der Waals surface area contributed by atoms with Crippen molar-refractivity contribution in [2.24, 2.45) is 5.92 Å². The van der Waals surface area contributed by atoms with Crippen LogP contribution in [0.15, 0.2) is 65.1 Å². The van der Waals surface area contributed by atoms with Gasteiger partial charge in [-0.3, -0.25) is 9.78 Å². The summed E-state index contributed by atoms with van der Waals surface area (Å²) < 4.78 is 17.3. The van der Waals surface area contributed by atoms with Gasteiger partial charge in [-0.15, -0.1) is 0 Å². The Morgan fingerprint density at radius 1 is 1.03 bits per heavy atom. The van der Waals surface area contributed by atoms with Crippen molar-refractivity contribution in [3.8, 4) is 5.75 Å². The predicted molar refractivity (Wildman–Crippen MR) is 147 cm³/mol. The number of hydrogen-bond donors (Lipinski definition) is 1. The molecule has 192 valence electrons. The number of benzene rings is 3. The molecule has 0 bridgehead atoms. The van der Waals surface area contributed by atoms with Crippen molar-refractivity contribution in [2.75, 3.05) is 12.4 Å². The zero-order valence-corrected chi connectivity index (χ0v) is 21.5. The number of amides is 1. The summed E-state index contributed by atoms with van der Waals surface area (Å²) >= 11 is 0. The zero-order valence-electron chi connectivity index (χ0n) is 21.5. The molecule has 0 aliphatic heterocycles. The number of anilines is 1. The van der Waals surface area contributed by atoms with Gasteiger partial charge in [0.2, 0.25) is 0 Å². The maximum atomic E-state index is 13.5. The van der Waals surface area contributed by atoms with E-state index in [2.05, 4.69) is 12.2 Å². The zero-order chi connectivity index (χ0) is 26.4. The molecule has 6 rings (SSSR count). The van der Waals surface area contributed by atoms with Crippen LogP contribution < -0.4 is 10.1 Å². The molecule has 2 heterocycles. The van der Waals surface area contributed by atoms with Crippen LogP contribution in [0.5, 0.6) is 5.75 Å². The average Bonchev–Trinajstić information content (AvgIpc) is 3.28. The second-order valence-corrected chi connectivity index (χ2v) is 9.96. The van der Waals surface area contributed by atoms with Crippen molar-refractivity contribution in [1.82, 2.24) is 4.98 Å². The molecule has 1 amide bonds. The Balaban J connectivity index is 1.28. The number of furan rings is 1. The highest BCUT2D eigenvalue weighted by Gasteiger charge is 2.28. The summed E-state index contributed by atoms with van der Waals surface area (Å²) in [4.78, 5) is 31.5. The van der Waals surface area contributed by atoms with E-state index in [1.165, 1.54) is 0 Å². The van der Waals surface area contributed by atoms with E-state index in [1.807, 2.05) is 54.6 Å². The third-order valence-corrected chi connectivity index (χ3v) is 7.32. The van der Waals surface area contributed by atoms with Gasteiger partial charge in [0.15, 0.2) is 6.10 Å². The van der Waals surface area contributed by atoms with E-state index in [-0.39, 0.29) is 0 Å². The lowest BCUT2D eigenvalue weighted by Gasteiger charge is -2.24. The Morgan fingerprint density at radius 2 is 1.79 bits per heavy atom. The largest absolute Gasteiger partial charge is 0.495 e. The maximum absolute atomic E-state index is 13.5. The molecule has 0 saturated heterocycles. The van der Waals surface area contributed by atoms with Crippen molar-refractivity contribution in [1.29, 1.82) is 0 Å². The molecule has 1 N–H and O–H groups in total. The molecule has 2 atom stereocenters. The number of carbonyl (C=O) groups excluding carboxylic acids is 2. The summed E-state index contributed by atoms with van der Waals surface area (Å²) in [5, 5.41) is 5.44. The minimum absolute atomic E-state index is 0.438. The van der Waals surface area contributed by atoms with Crippen molar-refractivity contribution in [3.63, 3.8) is 0 Å². The fourth-order valence-electron chi connectivity index (χ4n) is 5.32. The van der Waals surface area contributed by atoms with Crippen LogP contribution in [0.2, 0.25) is 0 Å². The number of nitrogens with zero attached hydrogens (tertiary/aromatic N) is 1. The van der Waals surface area contributed by atoms with E-state index in [1.54, 1.807) is 20.1 Å². The lowest BCUT2D eigenvalue weighted by Crippen LogP contribution is -2.31. The van der Waals surface area contributed by atoms with E-state index in [4.69, 9.17) is 18.9 Å². The number of aromatic nitrogens is 1. The fraction of sp³-hybridized carbons (Fsp3) is 0.258. The highest BCUT2D eigenvalue weighted by atomic mass is 16.5. The first-order valence-corrected chi connectivity index (χ1v) is 12.8. The molecule has 5 aromatic rings. The summed E-state index contributed by atoms with van der Waals surface area (Å²) in [6.07, 6.45) is 1.57. The number of nitrogens with one attached hydrogen (secondary N) is 1. The number of fused-ring (bicyclic) bond motifs is 5. The van der Waals surface area contributed by atoms with E-state index in [9.17, 15) is 9.59 Å². The van der Waals surface area contributed by atoms with Crippen LogP contribution >= 0.6 is 0 Å². The third-order valence-electron chi connectivity index (χ3n) is 7.32. The highest BCUT2D eigenvalue weighted by Crippen LogP contribution is 2.37. The smallest absolute Gasteiger partial charge is 0.339 e. The van der Waals surface area contributed by atoms with Crippen LogP contribution in [0.4, 0.5) is 5.69 Å². The number of aryl methyl sites for hydroxylation is 1. The molecule has 7 nitrogen and oxygen atoms in total. The van der Waals surface area contributed by atoms with E-state index >= 15 is 0 Å². The van der Waals surface area contributed by atoms with Gasteiger partial charge in [-0.25, -0.2) is 4.79 Å². The Hall–Kier alpha value is -4.39. The minimum atomic E-state index is -1.04. The number of para-hydroxylation sites is 2. The summed E-state index contributed by atoms with van der Waals surface area (Å²) in [6, 6.07) is 18.9. The van der Waals surface area contributed by atoms with Gasteiger partial charge >= 0.3 is 5.97 Å². The number of methoxy groups -OCH3 is 1. The standard InChI is InChI=1S/C31H28N2O5/c1-17-12-13-24-22(14-17)29(20-9-4-6-10-23(20)32-24)31(35)37-18(2)30(34)33-25-16-27-21(15-28(25)36-3)19-8-5-7-11-26(19)38-27/h4-11,15-18H,12-14H2,1-3H3,(H,33,34)/t17-,18-/m1/s1. The number of carbonyl (C=O) groups is 2. The minimum Gasteiger partial charge on any atom is -0.495 e. The molecule has 0 spiro atoms. The van der Waals surface area contributed by atoms with Crippen molar-refractivity contribution < 1.29 is 23.5 Å². The van der Waals surface area contributed by atoms with Gasteiger partial charge in [0, 0.05) is 27.9 Å². The molecule has 1 aliphatic carbocycles. The SMILES string of the molecule is COc1cc2c(cc1NC(=O)[C@@H](C)OC(=O)c1c3c(nc4ccccc14)CC[C@@H](C)C3)oc1ccccc12. The molecular formula is C31H28N2O5. The van der Waals surface area contributed by atoms with Crippen LogP contribution in [0.25, 0.3) is 32.8 Å². The van der Waals surface area contributed by atoms with Crippen LogP contribution in [0.3, 0.4) is 0 Å². The van der Waals surface area contributed by atoms with Gasteiger partial charge in [0.1, 0.15) is 16.9 Å².